The molecular formula is C18H32N4O3S. The Balaban J connectivity index is 2.42. The molecule has 0 fully saturated rings. The van der Waals surface area contributed by atoms with Gasteiger partial charge in [0.2, 0.25) is 10.0 Å². The Labute approximate surface area is 157 Å². The summed E-state index contributed by atoms with van der Waals surface area (Å²) in [6, 6.07) is 8.01. The second-order valence-electron chi connectivity index (χ2n) is 5.89. The molecular weight excluding hydrogens is 352 g/mol. The maximum absolute atomic E-state index is 11.6. The fourth-order valence-corrected chi connectivity index (χ4v) is 3.39. The van der Waals surface area contributed by atoms with Crippen molar-refractivity contribution in [2.24, 2.45) is 4.99 Å². The van der Waals surface area contributed by atoms with E-state index in [0.717, 1.165) is 31.2 Å². The number of hydrogen-bond acceptors (Lipinski definition) is 4. The molecule has 0 spiro atoms. The van der Waals surface area contributed by atoms with Gasteiger partial charge in [0, 0.05) is 32.7 Å². The van der Waals surface area contributed by atoms with Gasteiger partial charge < -0.3 is 15.4 Å². The number of guanidine groups is 1. The number of benzene rings is 1. The highest BCUT2D eigenvalue weighted by Crippen LogP contribution is 2.11. The first-order valence-electron chi connectivity index (χ1n) is 9.01. The van der Waals surface area contributed by atoms with E-state index in [2.05, 4.69) is 27.8 Å². The predicted octanol–water partition coefficient (Wildman–Crippen LogP) is 1.46. The zero-order valence-corrected chi connectivity index (χ0v) is 17.1. The van der Waals surface area contributed by atoms with Crippen LogP contribution in [0.3, 0.4) is 0 Å². The van der Waals surface area contributed by atoms with Crippen LogP contribution in [-0.2, 0) is 16.4 Å². The topological polar surface area (TPSA) is 83.0 Å². The number of ether oxygens (including phenoxy) is 1. The molecule has 0 bridgehead atoms. The van der Waals surface area contributed by atoms with Crippen molar-refractivity contribution in [3.05, 3.63) is 29.8 Å². The van der Waals surface area contributed by atoms with Gasteiger partial charge in [-0.2, -0.15) is 0 Å². The molecule has 0 aromatic heterocycles. The second kappa shape index (κ2) is 11.7. The molecule has 0 heterocycles. The third-order valence-electron chi connectivity index (χ3n) is 3.87. The number of methoxy groups -OCH3 is 1. The molecule has 26 heavy (non-hydrogen) atoms. The van der Waals surface area contributed by atoms with Crippen molar-refractivity contribution >= 4 is 16.0 Å². The Bertz CT molecular complexity index is 645. The van der Waals surface area contributed by atoms with Gasteiger partial charge in [0.25, 0.3) is 0 Å². The maximum atomic E-state index is 11.6. The number of nitrogens with zero attached hydrogens (tertiary/aromatic N) is 2. The number of sulfonamides is 1. The van der Waals surface area contributed by atoms with E-state index in [1.165, 1.54) is 16.1 Å². The summed E-state index contributed by atoms with van der Waals surface area (Å²) >= 11 is 0. The summed E-state index contributed by atoms with van der Waals surface area (Å²) in [7, 11) is -1.47. The lowest BCUT2D eigenvalue weighted by atomic mass is 10.1. The predicted molar refractivity (Wildman–Crippen MR) is 107 cm³/mol. The molecule has 0 saturated heterocycles. The van der Waals surface area contributed by atoms with Crippen LogP contribution in [0.1, 0.15) is 25.8 Å². The summed E-state index contributed by atoms with van der Waals surface area (Å²) < 4.78 is 29.8. The fourth-order valence-electron chi connectivity index (χ4n) is 2.46. The van der Waals surface area contributed by atoms with E-state index in [-0.39, 0.29) is 0 Å². The summed E-state index contributed by atoms with van der Waals surface area (Å²) in [6.07, 6.45) is 2.81. The van der Waals surface area contributed by atoms with Crippen LogP contribution in [0.2, 0.25) is 0 Å². The second-order valence-corrected chi connectivity index (χ2v) is 7.88. The first kappa shape index (κ1) is 22.2. The lowest BCUT2D eigenvalue weighted by molar-refractivity contribution is 0.414. The summed E-state index contributed by atoms with van der Waals surface area (Å²) in [6.45, 7) is 6.95. The Morgan fingerprint density at radius 3 is 2.42 bits per heavy atom. The van der Waals surface area contributed by atoms with Crippen LogP contribution in [0, 0.1) is 0 Å². The average Bonchev–Trinajstić information content (AvgIpc) is 2.61. The van der Waals surface area contributed by atoms with Crippen LogP contribution in [0.15, 0.2) is 29.3 Å². The molecule has 0 atom stereocenters. The van der Waals surface area contributed by atoms with Crippen molar-refractivity contribution in [2.45, 2.75) is 26.7 Å². The highest BCUT2D eigenvalue weighted by molar-refractivity contribution is 7.88. The first-order chi connectivity index (χ1) is 12.4. The van der Waals surface area contributed by atoms with Gasteiger partial charge in [0.15, 0.2) is 5.96 Å². The van der Waals surface area contributed by atoms with E-state index in [0.29, 0.717) is 26.1 Å². The minimum Gasteiger partial charge on any atom is -0.497 e. The molecule has 0 aliphatic heterocycles. The first-order valence-corrected chi connectivity index (χ1v) is 10.9. The van der Waals surface area contributed by atoms with Gasteiger partial charge in [-0.25, -0.2) is 12.7 Å². The Morgan fingerprint density at radius 2 is 1.88 bits per heavy atom. The Kier molecular flexibility index (Phi) is 10.0. The van der Waals surface area contributed by atoms with Crippen LogP contribution < -0.4 is 15.4 Å². The minimum absolute atomic E-state index is 0.489. The number of nitrogens with one attached hydrogen (secondary N) is 2. The Morgan fingerprint density at radius 1 is 1.19 bits per heavy atom. The van der Waals surface area contributed by atoms with E-state index in [4.69, 9.17) is 4.74 Å². The van der Waals surface area contributed by atoms with Crippen LogP contribution >= 0.6 is 0 Å². The van der Waals surface area contributed by atoms with E-state index in [1.807, 2.05) is 26.0 Å². The van der Waals surface area contributed by atoms with Gasteiger partial charge in [-0.3, -0.25) is 4.99 Å². The fraction of sp³-hybridized carbons (Fsp3) is 0.611. The molecule has 1 aromatic carbocycles. The van der Waals surface area contributed by atoms with Crippen molar-refractivity contribution in [3.8, 4) is 5.75 Å². The SMILES string of the molecule is CCNC(=NCCCN(CC)S(C)(=O)=O)NCCc1ccc(OC)cc1. The third kappa shape index (κ3) is 8.53. The largest absolute Gasteiger partial charge is 0.497 e. The molecule has 0 aliphatic rings. The van der Waals surface area contributed by atoms with Gasteiger partial charge in [-0.15, -0.1) is 0 Å². The van der Waals surface area contributed by atoms with E-state index in [9.17, 15) is 8.42 Å². The smallest absolute Gasteiger partial charge is 0.211 e. The summed E-state index contributed by atoms with van der Waals surface area (Å²) in [5, 5.41) is 6.51. The van der Waals surface area contributed by atoms with Crippen LogP contribution in [0.5, 0.6) is 5.75 Å². The molecule has 0 saturated carbocycles. The Hall–Kier alpha value is -1.80. The van der Waals surface area contributed by atoms with Gasteiger partial charge >= 0.3 is 0 Å². The number of aliphatic imine (C=N–C) groups is 1. The van der Waals surface area contributed by atoms with Crippen molar-refractivity contribution in [1.29, 1.82) is 0 Å². The van der Waals surface area contributed by atoms with Gasteiger partial charge in [-0.05, 0) is 37.5 Å². The lowest BCUT2D eigenvalue weighted by Gasteiger charge is -2.17. The third-order valence-corrected chi connectivity index (χ3v) is 5.25. The number of rotatable bonds is 11. The minimum atomic E-state index is -3.13. The molecule has 1 aromatic rings. The van der Waals surface area contributed by atoms with E-state index in [1.54, 1.807) is 7.11 Å². The van der Waals surface area contributed by atoms with Crippen molar-refractivity contribution in [2.75, 3.05) is 46.1 Å². The highest BCUT2D eigenvalue weighted by atomic mass is 32.2. The molecule has 0 unspecified atom stereocenters. The van der Waals surface area contributed by atoms with Crippen LogP contribution in [-0.4, -0.2) is 64.8 Å². The van der Waals surface area contributed by atoms with Gasteiger partial charge in [0.05, 0.1) is 13.4 Å². The van der Waals surface area contributed by atoms with E-state index < -0.39 is 10.0 Å². The molecule has 0 amide bonds. The van der Waals surface area contributed by atoms with Crippen molar-refractivity contribution < 1.29 is 13.2 Å². The molecule has 0 aliphatic carbocycles. The number of hydrogen-bond donors (Lipinski definition) is 2. The lowest BCUT2D eigenvalue weighted by Crippen LogP contribution is -2.38. The molecule has 1 rings (SSSR count). The molecule has 0 radical (unpaired) electrons. The standard InChI is InChI=1S/C18H32N4O3S/c1-5-19-18(20-13-7-15-22(6-2)26(4,23)24)21-14-12-16-8-10-17(25-3)11-9-16/h8-11H,5-7,12-15H2,1-4H3,(H2,19,20,21). The van der Waals surface area contributed by atoms with Gasteiger partial charge in [-0.1, -0.05) is 19.1 Å². The van der Waals surface area contributed by atoms with Crippen molar-refractivity contribution in [3.63, 3.8) is 0 Å². The van der Waals surface area contributed by atoms with Gasteiger partial charge in [0.1, 0.15) is 5.75 Å². The maximum Gasteiger partial charge on any atom is 0.211 e. The zero-order chi connectivity index (χ0) is 19.4. The normalized spacial score (nSPS) is 12.3. The van der Waals surface area contributed by atoms with Crippen molar-refractivity contribution in [1.82, 2.24) is 14.9 Å². The summed E-state index contributed by atoms with van der Waals surface area (Å²) in [5.41, 5.74) is 1.22. The van der Waals surface area contributed by atoms with Crippen LogP contribution in [0.4, 0.5) is 0 Å². The summed E-state index contributed by atoms with van der Waals surface area (Å²) in [4.78, 5) is 4.51. The average molecular weight is 385 g/mol. The molecule has 8 heteroatoms. The van der Waals surface area contributed by atoms with E-state index >= 15 is 0 Å². The van der Waals surface area contributed by atoms with Crippen LogP contribution in [0.25, 0.3) is 0 Å². The highest BCUT2D eigenvalue weighted by Gasteiger charge is 2.12. The summed E-state index contributed by atoms with van der Waals surface area (Å²) in [5.74, 6) is 1.61. The zero-order valence-electron chi connectivity index (χ0n) is 16.3. The molecule has 7 nitrogen and oxygen atoms in total. The monoisotopic (exact) mass is 384 g/mol. The molecule has 148 valence electrons. The quantitative estimate of drug-likeness (QED) is 0.343. The molecule has 2 N–H and O–H groups in total.